The Morgan fingerprint density at radius 2 is 1.92 bits per heavy atom. The van der Waals surface area contributed by atoms with Gasteiger partial charge in [-0.2, -0.15) is 5.26 Å². The van der Waals surface area contributed by atoms with E-state index in [9.17, 15) is 14.9 Å². The minimum absolute atomic E-state index is 0.0214. The molecule has 192 valence electrons. The highest BCUT2D eigenvalue weighted by atomic mass is 16.7. The summed E-state index contributed by atoms with van der Waals surface area (Å²) in [7, 11) is 1.60. The molecule has 38 heavy (non-hydrogen) atoms. The number of urea groups is 1. The number of fused-ring (bicyclic) bond motifs is 1. The number of nitrogens with zero attached hydrogens (tertiary/aromatic N) is 2. The van der Waals surface area contributed by atoms with Crippen LogP contribution in [0.1, 0.15) is 34.7 Å². The molecule has 2 atom stereocenters. The number of carbonyl (C=O) groups excluding carboxylic acids is 2. The number of hydrogen-bond donors (Lipinski definition) is 1. The lowest BCUT2D eigenvalue weighted by atomic mass is 9.85. The summed E-state index contributed by atoms with van der Waals surface area (Å²) in [5, 5.41) is 12.0. The summed E-state index contributed by atoms with van der Waals surface area (Å²) >= 11 is 0. The molecule has 9 nitrogen and oxygen atoms in total. The molecule has 0 saturated carbocycles. The van der Waals surface area contributed by atoms with Gasteiger partial charge in [-0.3, -0.25) is 4.79 Å². The molecule has 5 rings (SSSR count). The number of esters is 1. The highest BCUT2D eigenvalue weighted by molar-refractivity contribution is 6.09. The fourth-order valence-corrected chi connectivity index (χ4v) is 4.65. The van der Waals surface area contributed by atoms with E-state index in [1.807, 2.05) is 24.3 Å². The Morgan fingerprint density at radius 3 is 2.76 bits per heavy atom. The van der Waals surface area contributed by atoms with Crippen molar-refractivity contribution in [3.8, 4) is 23.3 Å². The maximum absolute atomic E-state index is 13.6. The quantitative estimate of drug-likeness (QED) is 0.443. The number of aliphatic imine (C=N–C) groups is 1. The lowest BCUT2D eigenvalue weighted by Gasteiger charge is -2.31. The van der Waals surface area contributed by atoms with E-state index in [1.54, 1.807) is 49.6 Å². The predicted octanol–water partition coefficient (Wildman–Crippen LogP) is 4.49. The zero-order valence-corrected chi connectivity index (χ0v) is 20.7. The number of rotatable bonds is 8. The monoisotopic (exact) mass is 511 g/mol. The lowest BCUT2D eigenvalue weighted by Crippen LogP contribution is -2.45. The third-order valence-corrected chi connectivity index (χ3v) is 6.51. The smallest absolute Gasteiger partial charge is 0.341 e. The van der Waals surface area contributed by atoms with E-state index in [-0.39, 0.29) is 13.4 Å². The van der Waals surface area contributed by atoms with E-state index < -0.39 is 24.0 Å². The molecule has 0 bridgehead atoms. The molecule has 3 aromatic carbocycles. The van der Waals surface area contributed by atoms with E-state index >= 15 is 0 Å². The first kappa shape index (κ1) is 24.8. The summed E-state index contributed by atoms with van der Waals surface area (Å²) in [6.45, 7) is 0.0844. The van der Waals surface area contributed by atoms with Crippen LogP contribution < -0.4 is 19.5 Å². The molecule has 0 aromatic heterocycles. The molecular weight excluding hydrogens is 486 g/mol. The number of methoxy groups -OCH3 is 1. The number of amides is 2. The Labute approximate surface area is 219 Å². The fraction of sp³-hybridized carbons (Fsp3) is 0.241. The van der Waals surface area contributed by atoms with Gasteiger partial charge in [-0.05, 0) is 59.9 Å². The van der Waals surface area contributed by atoms with E-state index in [1.165, 1.54) is 0 Å². The Kier molecular flexibility index (Phi) is 7.22. The zero-order valence-electron chi connectivity index (χ0n) is 20.7. The van der Waals surface area contributed by atoms with Crippen LogP contribution in [0.3, 0.4) is 0 Å². The molecule has 2 amide bonds. The molecule has 9 heteroatoms. The number of benzene rings is 3. The average molecular weight is 512 g/mol. The summed E-state index contributed by atoms with van der Waals surface area (Å²) < 4.78 is 22.1. The summed E-state index contributed by atoms with van der Waals surface area (Å²) in [6.07, 6.45) is 0.858. The second-order valence-electron chi connectivity index (χ2n) is 8.85. The van der Waals surface area contributed by atoms with E-state index in [4.69, 9.17) is 18.9 Å². The molecule has 0 radical (unpaired) electrons. The molecular formula is C29H25N3O6. The van der Waals surface area contributed by atoms with Gasteiger partial charge >= 0.3 is 12.0 Å². The van der Waals surface area contributed by atoms with Crippen molar-refractivity contribution in [1.29, 1.82) is 5.26 Å². The first-order valence-electron chi connectivity index (χ1n) is 12.1. The molecule has 1 N–H and O–H groups in total. The van der Waals surface area contributed by atoms with Gasteiger partial charge in [-0.15, -0.1) is 0 Å². The Morgan fingerprint density at radius 1 is 1.08 bits per heavy atom. The third-order valence-electron chi connectivity index (χ3n) is 6.51. The van der Waals surface area contributed by atoms with Crippen molar-refractivity contribution in [3.63, 3.8) is 0 Å². The standard InChI is InChI=1S/C29H25N3O6/c1-35-23-8-3-2-7-20(23)9-11-22-26(28(33)36-16-19-6-4-5-18(13-19)15-30)27(32-29(34)31-22)21-10-12-24-25(14-21)38-17-37-24/h2-8,10,12-14,26-27H,9,11,16-17H2,1H3,(H,32,34). The predicted molar refractivity (Wildman–Crippen MR) is 137 cm³/mol. The Balaban J connectivity index is 1.44. The average Bonchev–Trinajstić information content (AvgIpc) is 3.43. The number of ether oxygens (including phenoxy) is 4. The third kappa shape index (κ3) is 5.30. The number of nitrogens with one attached hydrogen (secondary N) is 1. The van der Waals surface area contributed by atoms with Gasteiger partial charge in [-0.1, -0.05) is 36.4 Å². The van der Waals surface area contributed by atoms with Gasteiger partial charge in [0.1, 0.15) is 18.3 Å². The Hall–Kier alpha value is -4.84. The van der Waals surface area contributed by atoms with Crippen LogP contribution in [0.4, 0.5) is 4.79 Å². The molecule has 0 aliphatic carbocycles. The molecule has 2 heterocycles. The lowest BCUT2D eigenvalue weighted by molar-refractivity contribution is -0.148. The number of carbonyl (C=O) groups is 2. The van der Waals surface area contributed by atoms with Crippen LogP contribution in [0, 0.1) is 17.2 Å². The van der Waals surface area contributed by atoms with E-state index in [2.05, 4.69) is 16.4 Å². The van der Waals surface area contributed by atoms with Gasteiger partial charge in [0.25, 0.3) is 0 Å². The van der Waals surface area contributed by atoms with Crippen LogP contribution in [-0.2, 0) is 22.6 Å². The highest BCUT2D eigenvalue weighted by Crippen LogP contribution is 2.38. The van der Waals surface area contributed by atoms with Crippen LogP contribution in [0.15, 0.2) is 71.7 Å². The summed E-state index contributed by atoms with van der Waals surface area (Å²) in [5.74, 6) is 0.445. The number of nitriles is 1. The van der Waals surface area contributed by atoms with Crippen molar-refractivity contribution >= 4 is 17.7 Å². The van der Waals surface area contributed by atoms with Crippen LogP contribution in [0.2, 0.25) is 0 Å². The van der Waals surface area contributed by atoms with Crippen molar-refractivity contribution < 1.29 is 28.5 Å². The molecule has 2 aliphatic heterocycles. The zero-order chi connectivity index (χ0) is 26.5. The maximum atomic E-state index is 13.6. The van der Waals surface area contributed by atoms with E-state index in [0.29, 0.717) is 46.7 Å². The first-order valence-corrected chi connectivity index (χ1v) is 12.1. The van der Waals surface area contributed by atoms with Gasteiger partial charge in [0.15, 0.2) is 11.5 Å². The van der Waals surface area contributed by atoms with Crippen molar-refractivity contribution in [1.82, 2.24) is 5.32 Å². The van der Waals surface area contributed by atoms with Crippen LogP contribution in [0.25, 0.3) is 0 Å². The number of hydrogen-bond acceptors (Lipinski definition) is 7. The number of para-hydroxylation sites is 1. The van der Waals surface area contributed by atoms with Crippen molar-refractivity contribution in [3.05, 3.63) is 89.0 Å². The van der Waals surface area contributed by atoms with Crippen molar-refractivity contribution in [2.45, 2.75) is 25.5 Å². The number of aryl methyl sites for hydroxylation is 1. The minimum Gasteiger partial charge on any atom is -0.496 e. The van der Waals surface area contributed by atoms with Crippen LogP contribution >= 0.6 is 0 Å². The molecule has 0 fully saturated rings. The summed E-state index contributed by atoms with van der Waals surface area (Å²) in [4.78, 5) is 30.5. The van der Waals surface area contributed by atoms with Crippen LogP contribution in [0.5, 0.6) is 17.2 Å². The molecule has 2 aliphatic rings. The molecule has 0 saturated heterocycles. The summed E-state index contributed by atoms with van der Waals surface area (Å²) in [6, 6.07) is 20.6. The van der Waals surface area contributed by atoms with Gasteiger partial charge in [0, 0.05) is 5.71 Å². The van der Waals surface area contributed by atoms with E-state index in [0.717, 1.165) is 11.3 Å². The normalized spacial score (nSPS) is 17.7. The topological polar surface area (TPSA) is 119 Å². The second-order valence-corrected chi connectivity index (χ2v) is 8.85. The molecule has 2 unspecified atom stereocenters. The van der Waals surface area contributed by atoms with Gasteiger partial charge in [-0.25, -0.2) is 9.79 Å². The largest absolute Gasteiger partial charge is 0.496 e. The van der Waals surface area contributed by atoms with Crippen LogP contribution in [-0.4, -0.2) is 31.6 Å². The van der Waals surface area contributed by atoms with Gasteiger partial charge in [0.2, 0.25) is 6.79 Å². The SMILES string of the molecule is COc1ccccc1CCC1=NC(=O)NC(c2ccc3c(c2)OCO3)C1C(=O)OCc1cccc(C#N)c1. The second kappa shape index (κ2) is 11.0. The Bertz CT molecular complexity index is 1440. The first-order chi connectivity index (χ1) is 18.6. The minimum atomic E-state index is -0.873. The fourth-order valence-electron chi connectivity index (χ4n) is 4.65. The van der Waals surface area contributed by atoms with Gasteiger partial charge in [0.05, 0.1) is 24.8 Å². The van der Waals surface area contributed by atoms with Crippen molar-refractivity contribution in [2.24, 2.45) is 10.9 Å². The van der Waals surface area contributed by atoms with Gasteiger partial charge < -0.3 is 24.3 Å². The maximum Gasteiger partial charge on any atom is 0.341 e. The molecule has 0 spiro atoms. The highest BCUT2D eigenvalue weighted by Gasteiger charge is 2.40. The summed E-state index contributed by atoms with van der Waals surface area (Å²) in [5.41, 5.74) is 3.17. The molecule has 3 aromatic rings. The van der Waals surface area contributed by atoms with Crippen molar-refractivity contribution in [2.75, 3.05) is 13.9 Å².